The third-order valence-corrected chi connectivity index (χ3v) is 1.80. The van der Waals surface area contributed by atoms with E-state index >= 15 is 0 Å². The standard InChI is InChI=1S/C9H12N2O4/c1-6(12)4-10-7(13)5-11-8(14)2-3-9(11)15/h2-3,6,12H,4-5H2,1H3,(H,10,13)/t6-/m0/s1. The van der Waals surface area contributed by atoms with Gasteiger partial charge < -0.3 is 10.4 Å². The summed E-state index contributed by atoms with van der Waals surface area (Å²) >= 11 is 0. The van der Waals surface area contributed by atoms with Gasteiger partial charge in [-0.05, 0) is 6.92 Å². The Morgan fingerprint density at radius 1 is 1.47 bits per heavy atom. The van der Waals surface area contributed by atoms with E-state index in [9.17, 15) is 14.4 Å². The van der Waals surface area contributed by atoms with E-state index in [1.54, 1.807) is 0 Å². The van der Waals surface area contributed by atoms with Crippen molar-refractivity contribution in [1.82, 2.24) is 10.2 Å². The van der Waals surface area contributed by atoms with Crippen LogP contribution in [0.3, 0.4) is 0 Å². The highest BCUT2D eigenvalue weighted by atomic mass is 16.3. The van der Waals surface area contributed by atoms with E-state index in [0.717, 1.165) is 17.1 Å². The summed E-state index contributed by atoms with van der Waals surface area (Å²) in [4.78, 5) is 34.1. The molecule has 0 spiro atoms. The summed E-state index contributed by atoms with van der Waals surface area (Å²) in [6.45, 7) is 1.31. The molecular formula is C9H12N2O4. The van der Waals surface area contributed by atoms with E-state index in [1.807, 2.05) is 0 Å². The van der Waals surface area contributed by atoms with Crippen LogP contribution in [0.25, 0.3) is 0 Å². The summed E-state index contributed by atoms with van der Waals surface area (Å²) < 4.78 is 0. The van der Waals surface area contributed by atoms with Crippen LogP contribution in [0.1, 0.15) is 6.92 Å². The lowest BCUT2D eigenvalue weighted by molar-refractivity contribution is -0.141. The molecule has 1 aliphatic rings. The summed E-state index contributed by atoms with van der Waals surface area (Å²) in [7, 11) is 0. The van der Waals surface area contributed by atoms with Gasteiger partial charge in [-0.1, -0.05) is 0 Å². The number of hydrogen-bond acceptors (Lipinski definition) is 4. The molecule has 0 saturated heterocycles. The maximum absolute atomic E-state index is 11.2. The lowest BCUT2D eigenvalue weighted by Gasteiger charge is -2.13. The van der Waals surface area contributed by atoms with Crippen LogP contribution in [0.15, 0.2) is 12.2 Å². The summed E-state index contributed by atoms with van der Waals surface area (Å²) in [5.74, 6) is -1.46. The predicted octanol–water partition coefficient (Wildman–Crippen LogP) is -1.59. The van der Waals surface area contributed by atoms with Crippen molar-refractivity contribution in [3.05, 3.63) is 12.2 Å². The molecule has 1 heterocycles. The van der Waals surface area contributed by atoms with Crippen LogP contribution < -0.4 is 5.32 Å². The van der Waals surface area contributed by atoms with Gasteiger partial charge in [0.15, 0.2) is 0 Å². The first kappa shape index (κ1) is 11.4. The Hall–Kier alpha value is -1.69. The minimum atomic E-state index is -0.656. The van der Waals surface area contributed by atoms with E-state index in [4.69, 9.17) is 5.11 Å². The molecule has 82 valence electrons. The lowest BCUT2D eigenvalue weighted by Crippen LogP contribution is -2.42. The van der Waals surface area contributed by atoms with Crippen molar-refractivity contribution in [2.45, 2.75) is 13.0 Å². The average Bonchev–Trinajstić information content (AvgIpc) is 2.46. The molecule has 1 atom stereocenters. The molecule has 15 heavy (non-hydrogen) atoms. The topological polar surface area (TPSA) is 86.7 Å². The number of aliphatic hydroxyl groups excluding tert-OH is 1. The Kier molecular flexibility index (Phi) is 3.56. The second-order valence-corrected chi connectivity index (χ2v) is 3.25. The van der Waals surface area contributed by atoms with Crippen molar-refractivity contribution in [2.24, 2.45) is 0 Å². The van der Waals surface area contributed by atoms with Gasteiger partial charge in [0.05, 0.1) is 6.10 Å². The SMILES string of the molecule is C[C@H](O)CNC(=O)CN1C(=O)C=CC1=O. The molecule has 1 aliphatic heterocycles. The van der Waals surface area contributed by atoms with Crippen molar-refractivity contribution in [3.8, 4) is 0 Å². The van der Waals surface area contributed by atoms with Gasteiger partial charge >= 0.3 is 0 Å². The maximum atomic E-state index is 11.2. The number of carbonyl (C=O) groups is 3. The lowest BCUT2D eigenvalue weighted by atomic mass is 10.4. The zero-order valence-electron chi connectivity index (χ0n) is 8.27. The molecule has 0 bridgehead atoms. The minimum absolute atomic E-state index is 0.0997. The van der Waals surface area contributed by atoms with Gasteiger partial charge in [0.2, 0.25) is 5.91 Å². The molecule has 1 rings (SSSR count). The fraction of sp³-hybridized carbons (Fsp3) is 0.444. The molecule has 0 aromatic heterocycles. The number of nitrogens with one attached hydrogen (secondary N) is 1. The third-order valence-electron chi connectivity index (χ3n) is 1.80. The number of nitrogens with zero attached hydrogens (tertiary/aromatic N) is 1. The molecule has 0 saturated carbocycles. The fourth-order valence-corrected chi connectivity index (χ4v) is 1.05. The highest BCUT2D eigenvalue weighted by Crippen LogP contribution is 2.02. The van der Waals surface area contributed by atoms with Gasteiger partial charge in [-0.3, -0.25) is 19.3 Å². The quantitative estimate of drug-likeness (QED) is 0.550. The highest BCUT2D eigenvalue weighted by Gasteiger charge is 2.25. The van der Waals surface area contributed by atoms with Crippen LogP contribution in [-0.4, -0.2) is 46.9 Å². The van der Waals surface area contributed by atoms with Crippen LogP contribution in [0.5, 0.6) is 0 Å². The van der Waals surface area contributed by atoms with Gasteiger partial charge in [0.1, 0.15) is 6.54 Å². The Bertz CT molecular complexity index is 304. The van der Waals surface area contributed by atoms with Crippen LogP contribution in [-0.2, 0) is 14.4 Å². The van der Waals surface area contributed by atoms with Crippen LogP contribution in [0.4, 0.5) is 0 Å². The molecule has 3 amide bonds. The molecule has 0 aliphatic carbocycles. The zero-order chi connectivity index (χ0) is 11.4. The molecule has 0 aromatic rings. The van der Waals surface area contributed by atoms with E-state index in [0.29, 0.717) is 0 Å². The number of aliphatic hydroxyl groups is 1. The van der Waals surface area contributed by atoms with Crippen LogP contribution in [0, 0.1) is 0 Å². The summed E-state index contributed by atoms with van der Waals surface area (Å²) in [5, 5.41) is 11.3. The summed E-state index contributed by atoms with van der Waals surface area (Å²) in [5.41, 5.74) is 0. The van der Waals surface area contributed by atoms with Gasteiger partial charge in [-0.2, -0.15) is 0 Å². The molecule has 0 fully saturated rings. The van der Waals surface area contributed by atoms with Gasteiger partial charge in [-0.15, -0.1) is 0 Å². The van der Waals surface area contributed by atoms with Gasteiger partial charge in [0.25, 0.3) is 11.8 Å². The van der Waals surface area contributed by atoms with E-state index in [2.05, 4.69) is 5.32 Å². The largest absolute Gasteiger partial charge is 0.392 e. The predicted molar refractivity (Wildman–Crippen MR) is 50.6 cm³/mol. The highest BCUT2D eigenvalue weighted by molar-refractivity contribution is 6.14. The fourth-order valence-electron chi connectivity index (χ4n) is 1.05. The average molecular weight is 212 g/mol. The molecule has 2 N–H and O–H groups in total. The number of amides is 3. The first-order valence-corrected chi connectivity index (χ1v) is 4.49. The first-order chi connectivity index (χ1) is 7.00. The Balaban J connectivity index is 2.38. The van der Waals surface area contributed by atoms with Crippen molar-refractivity contribution >= 4 is 17.7 Å². The molecule has 6 heteroatoms. The second kappa shape index (κ2) is 4.70. The number of rotatable bonds is 4. The Morgan fingerprint density at radius 3 is 2.47 bits per heavy atom. The van der Waals surface area contributed by atoms with Crippen molar-refractivity contribution in [1.29, 1.82) is 0 Å². The second-order valence-electron chi connectivity index (χ2n) is 3.25. The van der Waals surface area contributed by atoms with E-state index in [1.165, 1.54) is 6.92 Å². The monoisotopic (exact) mass is 212 g/mol. The number of imide groups is 1. The van der Waals surface area contributed by atoms with Gasteiger partial charge in [-0.25, -0.2) is 0 Å². The van der Waals surface area contributed by atoms with E-state index < -0.39 is 23.8 Å². The van der Waals surface area contributed by atoms with Crippen LogP contribution in [0.2, 0.25) is 0 Å². The van der Waals surface area contributed by atoms with Crippen molar-refractivity contribution < 1.29 is 19.5 Å². The molecule has 6 nitrogen and oxygen atoms in total. The van der Waals surface area contributed by atoms with Gasteiger partial charge in [0, 0.05) is 18.7 Å². The molecular weight excluding hydrogens is 200 g/mol. The van der Waals surface area contributed by atoms with Crippen molar-refractivity contribution in [2.75, 3.05) is 13.1 Å². The summed E-state index contributed by atoms with van der Waals surface area (Å²) in [6.07, 6.45) is 1.58. The normalized spacial score (nSPS) is 17.1. The minimum Gasteiger partial charge on any atom is -0.392 e. The molecule has 0 radical (unpaired) electrons. The smallest absolute Gasteiger partial charge is 0.254 e. The molecule has 0 unspecified atom stereocenters. The summed E-state index contributed by atoms with van der Waals surface area (Å²) in [6, 6.07) is 0. The Morgan fingerprint density at radius 2 is 2.00 bits per heavy atom. The maximum Gasteiger partial charge on any atom is 0.254 e. The number of hydrogen-bond donors (Lipinski definition) is 2. The first-order valence-electron chi connectivity index (χ1n) is 4.49. The number of carbonyl (C=O) groups excluding carboxylic acids is 3. The Labute approximate surface area is 86.6 Å². The molecule has 0 aromatic carbocycles. The van der Waals surface area contributed by atoms with Crippen molar-refractivity contribution in [3.63, 3.8) is 0 Å². The zero-order valence-corrected chi connectivity index (χ0v) is 8.27. The van der Waals surface area contributed by atoms with Crippen LogP contribution >= 0.6 is 0 Å². The van der Waals surface area contributed by atoms with E-state index in [-0.39, 0.29) is 13.1 Å². The third kappa shape index (κ3) is 3.17.